The van der Waals surface area contributed by atoms with Crippen molar-refractivity contribution in [1.82, 2.24) is 4.90 Å². The smallest absolute Gasteiger partial charge is 0.278 e. The number of rotatable bonds is 6. The van der Waals surface area contributed by atoms with Crippen molar-refractivity contribution < 1.29 is 14.4 Å². The number of nitrogens with zero attached hydrogens (tertiary/aromatic N) is 1. The molecule has 0 atom stereocenters. The minimum Gasteiger partial charge on any atom is -0.350 e. The monoisotopic (exact) mass is 431 g/mol. The lowest BCUT2D eigenvalue weighted by atomic mass is 10.1. The number of nitrogens with one attached hydrogen (secondary N) is 2. The number of anilines is 2. The second kappa shape index (κ2) is 8.57. The van der Waals surface area contributed by atoms with E-state index in [2.05, 4.69) is 10.6 Å². The molecule has 7 heteroatoms. The molecule has 6 nitrogen and oxygen atoms in total. The topological polar surface area (TPSA) is 78.5 Å². The van der Waals surface area contributed by atoms with Gasteiger partial charge in [0, 0.05) is 23.2 Å². The highest BCUT2D eigenvalue weighted by Gasteiger charge is 2.39. The first kappa shape index (κ1) is 20.6. The SMILES string of the molecule is CC(=O)Nc1ccc(NC2=C(c3cccs3)C(=O)N(Cc3ccc(C)cc3)C2=O)cc1. The molecule has 0 fully saturated rings. The summed E-state index contributed by atoms with van der Waals surface area (Å²) in [6.07, 6.45) is 0. The largest absolute Gasteiger partial charge is 0.350 e. The molecule has 0 saturated carbocycles. The fourth-order valence-electron chi connectivity index (χ4n) is 3.35. The van der Waals surface area contributed by atoms with Crippen molar-refractivity contribution in [2.24, 2.45) is 0 Å². The van der Waals surface area contributed by atoms with E-state index in [9.17, 15) is 14.4 Å². The number of benzene rings is 2. The maximum absolute atomic E-state index is 13.2. The van der Waals surface area contributed by atoms with Crippen molar-refractivity contribution in [3.8, 4) is 0 Å². The summed E-state index contributed by atoms with van der Waals surface area (Å²) < 4.78 is 0. The summed E-state index contributed by atoms with van der Waals surface area (Å²) in [6.45, 7) is 3.64. The fraction of sp³-hybridized carbons (Fsp3) is 0.125. The zero-order valence-corrected chi connectivity index (χ0v) is 18.0. The third-order valence-electron chi connectivity index (χ3n) is 4.87. The lowest BCUT2D eigenvalue weighted by Crippen LogP contribution is -2.31. The van der Waals surface area contributed by atoms with Gasteiger partial charge in [-0.05, 0) is 48.2 Å². The Morgan fingerprint density at radius 2 is 1.61 bits per heavy atom. The lowest BCUT2D eigenvalue weighted by molar-refractivity contribution is -0.137. The van der Waals surface area contributed by atoms with Crippen molar-refractivity contribution in [3.63, 3.8) is 0 Å². The Hall–Kier alpha value is -3.71. The number of amides is 3. The van der Waals surface area contributed by atoms with Gasteiger partial charge in [0.05, 0.1) is 12.1 Å². The van der Waals surface area contributed by atoms with Gasteiger partial charge in [-0.25, -0.2) is 0 Å². The summed E-state index contributed by atoms with van der Waals surface area (Å²) in [5, 5.41) is 7.71. The fourth-order valence-corrected chi connectivity index (χ4v) is 4.11. The number of aryl methyl sites for hydroxylation is 1. The lowest BCUT2D eigenvalue weighted by Gasteiger charge is -2.15. The molecule has 0 saturated heterocycles. The predicted octanol–water partition coefficient (Wildman–Crippen LogP) is 4.41. The van der Waals surface area contributed by atoms with E-state index in [-0.39, 0.29) is 30.0 Å². The van der Waals surface area contributed by atoms with Crippen LogP contribution in [0.25, 0.3) is 5.57 Å². The number of thiophene rings is 1. The minimum atomic E-state index is -0.361. The maximum atomic E-state index is 13.2. The van der Waals surface area contributed by atoms with Crippen molar-refractivity contribution in [1.29, 1.82) is 0 Å². The Morgan fingerprint density at radius 1 is 0.935 bits per heavy atom. The van der Waals surface area contributed by atoms with Crippen LogP contribution < -0.4 is 10.6 Å². The molecule has 3 amide bonds. The third-order valence-corrected chi connectivity index (χ3v) is 5.76. The average Bonchev–Trinajstić information content (AvgIpc) is 3.34. The quantitative estimate of drug-likeness (QED) is 0.567. The molecular weight excluding hydrogens is 410 g/mol. The first-order chi connectivity index (χ1) is 14.9. The van der Waals surface area contributed by atoms with Crippen LogP contribution in [0.3, 0.4) is 0 Å². The maximum Gasteiger partial charge on any atom is 0.278 e. The highest BCUT2D eigenvalue weighted by Crippen LogP contribution is 2.33. The summed E-state index contributed by atoms with van der Waals surface area (Å²) in [5.41, 5.74) is 3.94. The van der Waals surface area contributed by atoms with E-state index in [1.165, 1.54) is 23.2 Å². The zero-order chi connectivity index (χ0) is 22.0. The summed E-state index contributed by atoms with van der Waals surface area (Å²) >= 11 is 1.41. The Bertz CT molecular complexity index is 1160. The van der Waals surface area contributed by atoms with Crippen molar-refractivity contribution >= 4 is 46.0 Å². The molecule has 0 unspecified atom stereocenters. The number of hydrogen-bond donors (Lipinski definition) is 2. The summed E-state index contributed by atoms with van der Waals surface area (Å²) in [6, 6.07) is 18.4. The first-order valence-electron chi connectivity index (χ1n) is 9.77. The molecule has 156 valence electrons. The van der Waals surface area contributed by atoms with Crippen LogP contribution in [0.4, 0.5) is 11.4 Å². The Labute approximate surface area is 184 Å². The van der Waals surface area contributed by atoms with Gasteiger partial charge in [-0.1, -0.05) is 35.9 Å². The number of imide groups is 1. The van der Waals surface area contributed by atoms with Gasteiger partial charge in [0.1, 0.15) is 5.70 Å². The highest BCUT2D eigenvalue weighted by molar-refractivity contribution is 7.11. The average molecular weight is 432 g/mol. The highest BCUT2D eigenvalue weighted by atomic mass is 32.1. The molecule has 2 N–H and O–H groups in total. The Morgan fingerprint density at radius 3 is 2.23 bits per heavy atom. The molecular formula is C24H21N3O3S. The molecule has 0 spiro atoms. The van der Waals surface area contributed by atoms with Gasteiger partial charge in [-0.15, -0.1) is 11.3 Å². The van der Waals surface area contributed by atoms with Gasteiger partial charge in [0.15, 0.2) is 0 Å². The van der Waals surface area contributed by atoms with Crippen molar-refractivity contribution in [2.45, 2.75) is 20.4 Å². The van der Waals surface area contributed by atoms with Crippen LogP contribution in [0, 0.1) is 6.92 Å². The molecule has 0 radical (unpaired) electrons. The Balaban J connectivity index is 1.63. The number of carbonyl (C=O) groups is 3. The van der Waals surface area contributed by atoms with Gasteiger partial charge >= 0.3 is 0 Å². The minimum absolute atomic E-state index is 0.160. The second-order valence-corrected chi connectivity index (χ2v) is 8.24. The molecule has 1 aromatic heterocycles. The van der Waals surface area contributed by atoms with Gasteiger partial charge in [0.2, 0.25) is 5.91 Å². The third kappa shape index (κ3) is 4.41. The van der Waals surface area contributed by atoms with E-state index in [4.69, 9.17) is 0 Å². The molecule has 1 aliphatic rings. The van der Waals surface area contributed by atoms with E-state index in [1.54, 1.807) is 24.3 Å². The molecule has 3 aromatic rings. The van der Waals surface area contributed by atoms with Crippen molar-refractivity contribution in [3.05, 3.63) is 87.7 Å². The van der Waals surface area contributed by atoms with Crippen LogP contribution in [0.5, 0.6) is 0 Å². The van der Waals surface area contributed by atoms with Gasteiger partial charge < -0.3 is 10.6 Å². The summed E-state index contributed by atoms with van der Waals surface area (Å²) in [7, 11) is 0. The Kier molecular flexibility index (Phi) is 5.68. The molecule has 4 rings (SSSR count). The number of carbonyl (C=O) groups excluding carboxylic acids is 3. The molecule has 2 aromatic carbocycles. The van der Waals surface area contributed by atoms with E-state index in [0.29, 0.717) is 16.9 Å². The van der Waals surface area contributed by atoms with Gasteiger partial charge in [-0.3, -0.25) is 19.3 Å². The molecule has 2 heterocycles. The van der Waals surface area contributed by atoms with Crippen LogP contribution >= 0.6 is 11.3 Å². The standard InChI is InChI=1S/C24H21N3O3S/c1-15-5-7-17(8-6-15)14-27-23(29)21(20-4-3-13-31-20)22(24(27)30)26-19-11-9-18(10-12-19)25-16(2)28/h3-13,26H,14H2,1-2H3,(H,25,28). The van der Waals surface area contributed by atoms with Gasteiger partial charge in [0.25, 0.3) is 11.8 Å². The van der Waals surface area contributed by atoms with Crippen molar-refractivity contribution in [2.75, 3.05) is 10.6 Å². The van der Waals surface area contributed by atoms with Crippen LogP contribution in [-0.2, 0) is 20.9 Å². The molecule has 31 heavy (non-hydrogen) atoms. The zero-order valence-electron chi connectivity index (χ0n) is 17.1. The van der Waals surface area contributed by atoms with Crippen LogP contribution in [0.15, 0.2) is 71.7 Å². The van der Waals surface area contributed by atoms with E-state index in [1.807, 2.05) is 48.7 Å². The van der Waals surface area contributed by atoms with Crippen LogP contribution in [0.1, 0.15) is 22.9 Å². The second-order valence-electron chi connectivity index (χ2n) is 7.29. The molecule has 0 bridgehead atoms. The van der Waals surface area contributed by atoms with Crippen LogP contribution in [0.2, 0.25) is 0 Å². The first-order valence-corrected chi connectivity index (χ1v) is 10.6. The van der Waals surface area contributed by atoms with E-state index < -0.39 is 0 Å². The molecule has 1 aliphatic heterocycles. The summed E-state index contributed by atoms with van der Waals surface area (Å²) in [4.78, 5) is 39.7. The van der Waals surface area contributed by atoms with Gasteiger partial charge in [-0.2, -0.15) is 0 Å². The van der Waals surface area contributed by atoms with E-state index in [0.717, 1.165) is 16.0 Å². The molecule has 0 aliphatic carbocycles. The number of hydrogen-bond acceptors (Lipinski definition) is 5. The summed E-state index contributed by atoms with van der Waals surface area (Å²) in [5.74, 6) is -0.836. The normalized spacial score (nSPS) is 13.7. The predicted molar refractivity (Wildman–Crippen MR) is 122 cm³/mol. The van der Waals surface area contributed by atoms with E-state index >= 15 is 0 Å². The van der Waals surface area contributed by atoms with Crippen LogP contribution in [-0.4, -0.2) is 22.6 Å².